The van der Waals surface area contributed by atoms with Crippen molar-refractivity contribution in [1.82, 2.24) is 9.78 Å². The summed E-state index contributed by atoms with van der Waals surface area (Å²) in [5, 5.41) is 4.60. The number of nitrogen functional groups attached to an aromatic ring is 1. The molecule has 5 heteroatoms. The first-order valence-corrected chi connectivity index (χ1v) is 7.87. The summed E-state index contributed by atoms with van der Waals surface area (Å²) < 4.78 is 2.97. The van der Waals surface area contributed by atoms with Gasteiger partial charge in [-0.3, -0.25) is 4.68 Å². The highest BCUT2D eigenvalue weighted by atomic mass is 79.9. The number of halogens is 1. The average molecular weight is 348 g/mol. The van der Waals surface area contributed by atoms with Gasteiger partial charge in [-0.2, -0.15) is 5.10 Å². The maximum atomic E-state index is 6.08. The molecule has 0 aliphatic carbocycles. The van der Waals surface area contributed by atoms with Gasteiger partial charge in [0, 0.05) is 15.5 Å². The van der Waals surface area contributed by atoms with E-state index < -0.39 is 0 Å². The Morgan fingerprint density at radius 3 is 2.60 bits per heavy atom. The maximum Gasteiger partial charge on any atom is 0.125 e. The van der Waals surface area contributed by atoms with Crippen LogP contribution in [0.3, 0.4) is 0 Å². The van der Waals surface area contributed by atoms with Crippen LogP contribution in [0.2, 0.25) is 0 Å². The lowest BCUT2D eigenvalue weighted by molar-refractivity contribution is 0.690. The minimum atomic E-state index is 0.724. The fourth-order valence-electron chi connectivity index (χ4n) is 2.05. The molecule has 2 N–H and O–H groups in total. The Kier molecular flexibility index (Phi) is 3.63. The Hall–Kier alpha value is -1.59. The largest absolute Gasteiger partial charge is 0.396 e. The van der Waals surface area contributed by atoms with Crippen LogP contribution in [0.5, 0.6) is 0 Å². The third-order valence-electron chi connectivity index (χ3n) is 3.02. The van der Waals surface area contributed by atoms with Crippen molar-refractivity contribution in [1.29, 1.82) is 0 Å². The topological polar surface area (TPSA) is 43.8 Å². The third-order valence-corrected chi connectivity index (χ3v) is 4.56. The predicted octanol–water partition coefficient (Wildman–Crippen LogP) is 4.31. The zero-order chi connectivity index (χ0) is 14.1. The predicted molar refractivity (Wildman–Crippen MR) is 87.9 cm³/mol. The van der Waals surface area contributed by atoms with Gasteiger partial charge in [-0.15, -0.1) is 11.3 Å². The molecule has 0 aliphatic rings. The van der Waals surface area contributed by atoms with Crippen LogP contribution in [0, 0.1) is 6.92 Å². The molecular formula is C15H14BrN3S. The number of aromatic nitrogens is 2. The Bertz CT molecular complexity index is 728. The molecule has 0 saturated carbocycles. The summed E-state index contributed by atoms with van der Waals surface area (Å²) in [6.07, 6.45) is 1.90. The number of nitrogens with zero attached hydrogens (tertiary/aromatic N) is 2. The van der Waals surface area contributed by atoms with Gasteiger partial charge in [0.1, 0.15) is 5.69 Å². The van der Waals surface area contributed by atoms with Gasteiger partial charge in [-0.1, -0.05) is 28.1 Å². The third kappa shape index (κ3) is 2.78. The molecule has 3 rings (SSSR count). The van der Waals surface area contributed by atoms with Crippen molar-refractivity contribution in [2.24, 2.45) is 0 Å². The first-order chi connectivity index (χ1) is 9.61. The van der Waals surface area contributed by atoms with Crippen molar-refractivity contribution in [2.75, 3.05) is 5.73 Å². The van der Waals surface area contributed by atoms with Crippen LogP contribution in [0.1, 0.15) is 10.4 Å². The molecular weight excluding hydrogens is 334 g/mol. The van der Waals surface area contributed by atoms with Crippen LogP contribution in [0.25, 0.3) is 10.6 Å². The van der Waals surface area contributed by atoms with E-state index in [9.17, 15) is 0 Å². The van der Waals surface area contributed by atoms with Crippen LogP contribution in [0.15, 0.2) is 47.1 Å². The van der Waals surface area contributed by atoms with Gasteiger partial charge < -0.3 is 5.73 Å². The van der Waals surface area contributed by atoms with E-state index in [0.29, 0.717) is 0 Å². The molecule has 102 valence electrons. The van der Waals surface area contributed by atoms with Crippen molar-refractivity contribution in [3.05, 3.63) is 57.5 Å². The van der Waals surface area contributed by atoms with Gasteiger partial charge in [-0.25, -0.2) is 0 Å². The molecule has 2 aromatic heterocycles. The lowest BCUT2D eigenvalue weighted by atomic mass is 10.2. The highest BCUT2D eigenvalue weighted by Crippen LogP contribution is 2.30. The maximum absolute atomic E-state index is 6.08. The van der Waals surface area contributed by atoms with Crippen LogP contribution >= 0.6 is 27.3 Å². The summed E-state index contributed by atoms with van der Waals surface area (Å²) in [4.78, 5) is 2.39. The van der Waals surface area contributed by atoms with Crippen molar-refractivity contribution >= 4 is 33.0 Å². The van der Waals surface area contributed by atoms with E-state index in [2.05, 4.69) is 52.2 Å². The van der Waals surface area contributed by atoms with Crippen LogP contribution < -0.4 is 5.73 Å². The van der Waals surface area contributed by atoms with Crippen LogP contribution in [-0.4, -0.2) is 9.78 Å². The summed E-state index contributed by atoms with van der Waals surface area (Å²) in [6.45, 7) is 2.81. The minimum absolute atomic E-state index is 0.724. The number of aryl methyl sites for hydroxylation is 1. The SMILES string of the molecule is Cc1ccc(-c2nn(Cc3ccc(Br)cc3)cc2N)s1. The Morgan fingerprint density at radius 1 is 1.20 bits per heavy atom. The molecule has 0 bridgehead atoms. The molecule has 0 amide bonds. The van der Waals surface area contributed by atoms with Gasteiger partial charge in [0.25, 0.3) is 0 Å². The van der Waals surface area contributed by atoms with Crippen molar-refractivity contribution in [3.8, 4) is 10.6 Å². The number of hydrogen-bond acceptors (Lipinski definition) is 3. The van der Waals surface area contributed by atoms with E-state index >= 15 is 0 Å². The van der Waals surface area contributed by atoms with E-state index in [4.69, 9.17) is 5.73 Å². The normalized spacial score (nSPS) is 10.9. The Balaban J connectivity index is 1.87. The zero-order valence-electron chi connectivity index (χ0n) is 11.0. The van der Waals surface area contributed by atoms with Crippen LogP contribution in [0.4, 0.5) is 5.69 Å². The lowest BCUT2D eigenvalue weighted by Gasteiger charge is -2.01. The molecule has 20 heavy (non-hydrogen) atoms. The molecule has 1 aromatic carbocycles. The van der Waals surface area contributed by atoms with Crippen molar-refractivity contribution in [3.63, 3.8) is 0 Å². The smallest absolute Gasteiger partial charge is 0.125 e. The molecule has 0 unspecified atom stereocenters. The molecule has 0 spiro atoms. The molecule has 2 heterocycles. The van der Waals surface area contributed by atoms with E-state index in [1.54, 1.807) is 11.3 Å². The lowest BCUT2D eigenvalue weighted by Crippen LogP contribution is -2.00. The van der Waals surface area contributed by atoms with Crippen molar-refractivity contribution in [2.45, 2.75) is 13.5 Å². The van der Waals surface area contributed by atoms with E-state index in [1.807, 2.05) is 23.0 Å². The van der Waals surface area contributed by atoms with Crippen molar-refractivity contribution < 1.29 is 0 Å². The molecule has 0 aliphatic heterocycles. The second kappa shape index (κ2) is 5.42. The monoisotopic (exact) mass is 347 g/mol. The number of thiophene rings is 1. The standard InChI is InChI=1S/C15H14BrN3S/c1-10-2-7-14(20-10)15-13(17)9-19(18-15)8-11-3-5-12(16)6-4-11/h2-7,9H,8,17H2,1H3. The van der Waals surface area contributed by atoms with Gasteiger partial charge in [0.15, 0.2) is 0 Å². The summed E-state index contributed by atoms with van der Waals surface area (Å²) >= 11 is 5.15. The van der Waals surface area contributed by atoms with E-state index in [1.165, 1.54) is 10.4 Å². The van der Waals surface area contributed by atoms with E-state index in [0.717, 1.165) is 27.3 Å². The second-order valence-corrected chi connectivity index (χ2v) is 6.87. The second-order valence-electron chi connectivity index (χ2n) is 4.67. The fourth-order valence-corrected chi connectivity index (χ4v) is 3.19. The molecule has 3 nitrogen and oxygen atoms in total. The quantitative estimate of drug-likeness (QED) is 0.766. The van der Waals surface area contributed by atoms with Gasteiger partial charge in [-0.05, 0) is 36.8 Å². The zero-order valence-corrected chi connectivity index (χ0v) is 13.4. The van der Waals surface area contributed by atoms with Gasteiger partial charge >= 0.3 is 0 Å². The molecule has 0 atom stereocenters. The summed E-state index contributed by atoms with van der Waals surface area (Å²) in [5.41, 5.74) is 8.88. The highest BCUT2D eigenvalue weighted by molar-refractivity contribution is 9.10. The summed E-state index contributed by atoms with van der Waals surface area (Å²) in [7, 11) is 0. The fraction of sp³-hybridized carbons (Fsp3) is 0.133. The first kappa shape index (κ1) is 13.4. The first-order valence-electron chi connectivity index (χ1n) is 6.26. The summed E-state index contributed by atoms with van der Waals surface area (Å²) in [5.74, 6) is 0. The van der Waals surface area contributed by atoms with Gasteiger partial charge in [0.05, 0.1) is 17.1 Å². The Labute approximate surface area is 130 Å². The molecule has 3 aromatic rings. The number of hydrogen-bond donors (Lipinski definition) is 1. The Morgan fingerprint density at radius 2 is 1.95 bits per heavy atom. The highest BCUT2D eigenvalue weighted by Gasteiger charge is 2.10. The minimum Gasteiger partial charge on any atom is -0.396 e. The molecule has 0 radical (unpaired) electrons. The van der Waals surface area contributed by atoms with Gasteiger partial charge in [0.2, 0.25) is 0 Å². The van der Waals surface area contributed by atoms with E-state index in [-0.39, 0.29) is 0 Å². The number of nitrogens with two attached hydrogens (primary N) is 1. The summed E-state index contributed by atoms with van der Waals surface area (Å²) in [6, 6.07) is 12.4. The van der Waals surface area contributed by atoms with Crippen LogP contribution in [-0.2, 0) is 6.54 Å². The molecule has 0 saturated heterocycles. The average Bonchev–Trinajstić information content (AvgIpc) is 2.98. The number of benzene rings is 1. The number of anilines is 1. The molecule has 0 fully saturated rings. The number of rotatable bonds is 3.